The van der Waals surface area contributed by atoms with E-state index in [4.69, 9.17) is 21.4 Å². The zero-order valence-corrected chi connectivity index (χ0v) is 12.5. The molecule has 7 heteroatoms. The number of aliphatic carboxylic acids is 1. The molecular weight excluding hydrogens is 333 g/mol. The quantitative estimate of drug-likeness (QED) is 0.864. The largest absolute Gasteiger partial charge is 0.489 e. The molecule has 2 rings (SSSR count). The molecule has 0 spiro atoms. The molecular formula is C16H12ClF3O3. The molecule has 2 aromatic rings. The Morgan fingerprint density at radius 1 is 1.09 bits per heavy atom. The number of carbonyl (C=O) groups is 1. The van der Waals surface area contributed by atoms with Crippen LogP contribution in [-0.2, 0) is 24.0 Å². The third-order valence-electron chi connectivity index (χ3n) is 3.02. The van der Waals surface area contributed by atoms with Crippen LogP contribution in [0.5, 0.6) is 5.75 Å². The van der Waals surface area contributed by atoms with Crippen LogP contribution in [0.4, 0.5) is 13.2 Å². The van der Waals surface area contributed by atoms with Gasteiger partial charge in [0.05, 0.1) is 17.0 Å². The summed E-state index contributed by atoms with van der Waals surface area (Å²) in [5, 5.41) is 8.31. The number of carboxylic acid groups (broad SMARTS) is 1. The minimum atomic E-state index is -4.52. The van der Waals surface area contributed by atoms with E-state index in [1.54, 1.807) is 24.3 Å². The first-order valence-electron chi connectivity index (χ1n) is 6.55. The molecule has 0 bridgehead atoms. The van der Waals surface area contributed by atoms with Gasteiger partial charge >= 0.3 is 12.1 Å². The van der Waals surface area contributed by atoms with Gasteiger partial charge in [-0.3, -0.25) is 4.79 Å². The molecule has 0 fully saturated rings. The van der Waals surface area contributed by atoms with Crippen LogP contribution in [0.15, 0.2) is 42.5 Å². The van der Waals surface area contributed by atoms with Gasteiger partial charge in [0.25, 0.3) is 0 Å². The minimum Gasteiger partial charge on any atom is -0.489 e. The van der Waals surface area contributed by atoms with E-state index in [0.717, 1.165) is 6.07 Å². The van der Waals surface area contributed by atoms with Gasteiger partial charge in [-0.05, 0) is 35.4 Å². The second-order valence-corrected chi connectivity index (χ2v) is 5.22. The monoisotopic (exact) mass is 344 g/mol. The van der Waals surface area contributed by atoms with E-state index in [1.807, 2.05) is 0 Å². The Morgan fingerprint density at radius 3 is 2.26 bits per heavy atom. The highest BCUT2D eigenvalue weighted by atomic mass is 35.5. The van der Waals surface area contributed by atoms with Crippen molar-refractivity contribution in [3.63, 3.8) is 0 Å². The van der Waals surface area contributed by atoms with Crippen LogP contribution in [0.25, 0.3) is 0 Å². The summed E-state index contributed by atoms with van der Waals surface area (Å²) in [6.07, 6.45) is -4.63. The average Bonchev–Trinajstić information content (AvgIpc) is 2.46. The van der Waals surface area contributed by atoms with Gasteiger partial charge in [-0.15, -0.1) is 0 Å². The summed E-state index contributed by atoms with van der Waals surface area (Å²) in [6.45, 7) is -0.0570. The van der Waals surface area contributed by atoms with E-state index >= 15 is 0 Å². The van der Waals surface area contributed by atoms with Crippen LogP contribution in [0.2, 0.25) is 5.02 Å². The fraction of sp³-hybridized carbons (Fsp3) is 0.188. The molecule has 0 saturated heterocycles. The van der Waals surface area contributed by atoms with Gasteiger partial charge in [0, 0.05) is 0 Å². The number of halogens is 4. The van der Waals surface area contributed by atoms with Gasteiger partial charge in [-0.2, -0.15) is 13.2 Å². The Balaban J connectivity index is 2.05. The number of hydrogen-bond donors (Lipinski definition) is 1. The highest BCUT2D eigenvalue weighted by molar-refractivity contribution is 6.31. The van der Waals surface area contributed by atoms with Gasteiger partial charge in [0.1, 0.15) is 12.4 Å². The summed E-state index contributed by atoms with van der Waals surface area (Å²) in [7, 11) is 0. The molecule has 0 saturated carbocycles. The van der Waals surface area contributed by atoms with Crippen molar-refractivity contribution >= 4 is 17.6 Å². The van der Waals surface area contributed by atoms with E-state index in [2.05, 4.69) is 0 Å². The summed E-state index contributed by atoms with van der Waals surface area (Å²) in [5.41, 5.74) is 0.0316. The maximum absolute atomic E-state index is 12.8. The standard InChI is InChI=1S/C16H12ClF3O3/c17-14-6-3-11(7-13(14)16(18,19)20)9-23-12-4-1-10(2-5-12)8-15(21)22/h1-7H,8-9H2,(H,21,22). The first kappa shape index (κ1) is 17.1. The second kappa shape index (κ2) is 6.91. The Labute approximate surface area is 135 Å². The van der Waals surface area contributed by atoms with Crippen LogP contribution < -0.4 is 4.74 Å². The molecule has 1 N–H and O–H groups in total. The molecule has 0 aliphatic carbocycles. The van der Waals surface area contributed by atoms with Gasteiger partial charge in [0.15, 0.2) is 0 Å². The topological polar surface area (TPSA) is 46.5 Å². The minimum absolute atomic E-state index is 0.0570. The molecule has 122 valence electrons. The normalized spacial score (nSPS) is 11.3. The van der Waals surface area contributed by atoms with E-state index < -0.39 is 17.7 Å². The Morgan fingerprint density at radius 2 is 1.70 bits per heavy atom. The fourth-order valence-corrected chi connectivity index (χ4v) is 2.15. The number of hydrogen-bond acceptors (Lipinski definition) is 2. The molecule has 0 atom stereocenters. The predicted octanol–water partition coefficient (Wildman–Crippen LogP) is 4.56. The van der Waals surface area contributed by atoms with Crippen molar-refractivity contribution in [2.45, 2.75) is 19.2 Å². The highest BCUT2D eigenvalue weighted by Crippen LogP contribution is 2.35. The molecule has 0 radical (unpaired) electrons. The molecule has 0 heterocycles. The third-order valence-corrected chi connectivity index (χ3v) is 3.35. The molecule has 2 aromatic carbocycles. The maximum Gasteiger partial charge on any atom is 0.417 e. The van der Waals surface area contributed by atoms with Crippen molar-refractivity contribution in [3.8, 4) is 5.75 Å². The van der Waals surface area contributed by atoms with Crippen molar-refractivity contribution in [1.29, 1.82) is 0 Å². The first-order valence-corrected chi connectivity index (χ1v) is 6.92. The Kier molecular flexibility index (Phi) is 5.15. The maximum atomic E-state index is 12.8. The van der Waals surface area contributed by atoms with Gasteiger partial charge in [0.2, 0.25) is 0 Å². The van der Waals surface area contributed by atoms with Crippen molar-refractivity contribution in [1.82, 2.24) is 0 Å². The Bertz CT molecular complexity index is 697. The molecule has 0 aliphatic rings. The number of alkyl halides is 3. The summed E-state index contributed by atoms with van der Waals surface area (Å²) in [6, 6.07) is 9.90. The SMILES string of the molecule is O=C(O)Cc1ccc(OCc2ccc(Cl)c(C(F)(F)F)c2)cc1. The van der Waals surface area contributed by atoms with E-state index in [0.29, 0.717) is 16.9 Å². The number of rotatable bonds is 5. The zero-order chi connectivity index (χ0) is 17.0. The highest BCUT2D eigenvalue weighted by Gasteiger charge is 2.33. The Hall–Kier alpha value is -2.21. The van der Waals surface area contributed by atoms with Gasteiger partial charge in [-0.1, -0.05) is 29.8 Å². The zero-order valence-electron chi connectivity index (χ0n) is 11.7. The number of carboxylic acids is 1. The third kappa shape index (κ3) is 4.89. The fourth-order valence-electron chi connectivity index (χ4n) is 1.92. The van der Waals surface area contributed by atoms with Crippen molar-refractivity contribution in [3.05, 3.63) is 64.2 Å². The average molecular weight is 345 g/mol. The molecule has 23 heavy (non-hydrogen) atoms. The lowest BCUT2D eigenvalue weighted by molar-refractivity contribution is -0.138. The first-order chi connectivity index (χ1) is 10.8. The van der Waals surface area contributed by atoms with Crippen molar-refractivity contribution in [2.24, 2.45) is 0 Å². The lowest BCUT2D eigenvalue weighted by atomic mass is 10.1. The van der Waals surface area contributed by atoms with Gasteiger partial charge < -0.3 is 9.84 Å². The summed E-state index contributed by atoms with van der Waals surface area (Å²) in [5.74, 6) is -0.512. The number of ether oxygens (including phenoxy) is 1. The molecule has 3 nitrogen and oxygen atoms in total. The van der Waals surface area contributed by atoms with Gasteiger partial charge in [-0.25, -0.2) is 0 Å². The van der Waals surface area contributed by atoms with Crippen molar-refractivity contribution < 1.29 is 27.8 Å². The summed E-state index contributed by atoms with van der Waals surface area (Å²) in [4.78, 5) is 10.6. The van der Waals surface area contributed by atoms with E-state index in [-0.39, 0.29) is 18.1 Å². The molecule has 0 aromatic heterocycles. The molecule has 0 aliphatic heterocycles. The van der Waals surface area contributed by atoms with Crippen LogP contribution in [0.3, 0.4) is 0 Å². The van der Waals surface area contributed by atoms with Crippen LogP contribution in [0, 0.1) is 0 Å². The van der Waals surface area contributed by atoms with Crippen LogP contribution in [0.1, 0.15) is 16.7 Å². The second-order valence-electron chi connectivity index (χ2n) is 4.82. The van der Waals surface area contributed by atoms with Crippen LogP contribution >= 0.6 is 11.6 Å². The van der Waals surface area contributed by atoms with Crippen LogP contribution in [-0.4, -0.2) is 11.1 Å². The lowest BCUT2D eigenvalue weighted by Crippen LogP contribution is -2.07. The summed E-state index contributed by atoms with van der Waals surface area (Å²) >= 11 is 5.55. The van der Waals surface area contributed by atoms with Crippen molar-refractivity contribution in [2.75, 3.05) is 0 Å². The summed E-state index contributed by atoms with van der Waals surface area (Å²) < 4.78 is 43.7. The number of benzene rings is 2. The lowest BCUT2D eigenvalue weighted by Gasteiger charge is -2.12. The van der Waals surface area contributed by atoms with E-state index in [9.17, 15) is 18.0 Å². The van der Waals surface area contributed by atoms with E-state index in [1.165, 1.54) is 12.1 Å². The smallest absolute Gasteiger partial charge is 0.417 e. The predicted molar refractivity (Wildman–Crippen MR) is 78.6 cm³/mol. The molecule has 0 amide bonds. The molecule has 0 unspecified atom stereocenters.